The zero-order chi connectivity index (χ0) is 21.1. The number of pyridine rings is 1. The maximum atomic E-state index is 11.4. The SMILES string of the molecule is CCOc1cc2ncc(C#N)c(Nc3ccc4oc(=O)ccc4c3)c2cc1OCC. The van der Waals surface area contributed by atoms with E-state index in [0.29, 0.717) is 47.1 Å². The van der Waals surface area contributed by atoms with Crippen molar-refractivity contribution in [2.75, 3.05) is 18.5 Å². The van der Waals surface area contributed by atoms with Gasteiger partial charge in [0.2, 0.25) is 0 Å². The number of rotatable bonds is 6. The van der Waals surface area contributed by atoms with E-state index in [1.165, 1.54) is 12.3 Å². The first-order valence-electron chi connectivity index (χ1n) is 9.56. The number of nitriles is 1. The van der Waals surface area contributed by atoms with Crippen LogP contribution in [0.5, 0.6) is 11.5 Å². The quantitative estimate of drug-likeness (QED) is 0.465. The lowest BCUT2D eigenvalue weighted by molar-refractivity contribution is 0.288. The van der Waals surface area contributed by atoms with E-state index in [9.17, 15) is 10.1 Å². The minimum absolute atomic E-state index is 0.397. The summed E-state index contributed by atoms with van der Waals surface area (Å²) in [5.41, 5.74) is 2.52. The molecular formula is C23H19N3O4. The van der Waals surface area contributed by atoms with Crippen molar-refractivity contribution in [1.29, 1.82) is 5.26 Å². The molecule has 0 amide bonds. The Morgan fingerprint density at radius 1 is 1.07 bits per heavy atom. The number of ether oxygens (including phenoxy) is 2. The smallest absolute Gasteiger partial charge is 0.336 e. The number of benzene rings is 2. The highest BCUT2D eigenvalue weighted by molar-refractivity contribution is 5.98. The van der Waals surface area contributed by atoms with Gasteiger partial charge in [-0.15, -0.1) is 0 Å². The fourth-order valence-electron chi connectivity index (χ4n) is 3.25. The lowest BCUT2D eigenvalue weighted by Crippen LogP contribution is -2.01. The Morgan fingerprint density at radius 2 is 1.83 bits per heavy atom. The molecule has 0 aliphatic heterocycles. The minimum Gasteiger partial charge on any atom is -0.490 e. The number of fused-ring (bicyclic) bond motifs is 2. The molecule has 7 nitrogen and oxygen atoms in total. The van der Waals surface area contributed by atoms with Gasteiger partial charge in [0.15, 0.2) is 11.5 Å². The predicted octanol–water partition coefficient (Wildman–Crippen LogP) is 4.75. The summed E-state index contributed by atoms with van der Waals surface area (Å²) in [5.74, 6) is 1.20. The van der Waals surface area contributed by atoms with Gasteiger partial charge in [0, 0.05) is 34.8 Å². The normalized spacial score (nSPS) is 10.7. The molecule has 4 aromatic rings. The molecule has 150 valence electrons. The summed E-state index contributed by atoms with van der Waals surface area (Å²) in [5, 5.41) is 14.5. The molecule has 7 heteroatoms. The molecule has 2 aromatic carbocycles. The molecule has 1 N–H and O–H groups in total. The van der Waals surface area contributed by atoms with Crippen molar-refractivity contribution < 1.29 is 13.9 Å². The van der Waals surface area contributed by atoms with Crippen LogP contribution in [0.3, 0.4) is 0 Å². The Hall–Kier alpha value is -4.05. The number of nitrogens with one attached hydrogen (secondary N) is 1. The number of aromatic nitrogens is 1. The second-order valence-corrected chi connectivity index (χ2v) is 6.47. The summed E-state index contributed by atoms with van der Waals surface area (Å²) >= 11 is 0. The van der Waals surface area contributed by atoms with Crippen LogP contribution in [-0.2, 0) is 0 Å². The van der Waals surface area contributed by atoms with Gasteiger partial charge < -0.3 is 19.2 Å². The van der Waals surface area contributed by atoms with Crippen molar-refractivity contribution >= 4 is 33.2 Å². The second kappa shape index (κ2) is 8.13. The molecule has 2 heterocycles. The lowest BCUT2D eigenvalue weighted by atomic mass is 10.1. The second-order valence-electron chi connectivity index (χ2n) is 6.47. The van der Waals surface area contributed by atoms with Crippen molar-refractivity contribution in [2.24, 2.45) is 0 Å². The zero-order valence-corrected chi connectivity index (χ0v) is 16.6. The van der Waals surface area contributed by atoms with Gasteiger partial charge in [-0.2, -0.15) is 5.26 Å². The van der Waals surface area contributed by atoms with E-state index in [0.717, 1.165) is 16.5 Å². The van der Waals surface area contributed by atoms with E-state index in [1.54, 1.807) is 18.2 Å². The van der Waals surface area contributed by atoms with Crippen LogP contribution in [0.15, 0.2) is 57.9 Å². The van der Waals surface area contributed by atoms with E-state index < -0.39 is 5.63 Å². The number of anilines is 2. The van der Waals surface area contributed by atoms with Crippen LogP contribution in [0, 0.1) is 11.3 Å². The summed E-state index contributed by atoms with van der Waals surface area (Å²) < 4.78 is 16.6. The molecule has 0 fully saturated rings. The van der Waals surface area contributed by atoms with Gasteiger partial charge in [-0.05, 0) is 44.2 Å². The molecule has 0 atom stereocenters. The maximum absolute atomic E-state index is 11.4. The average Bonchev–Trinajstić information content (AvgIpc) is 2.75. The van der Waals surface area contributed by atoms with Crippen molar-refractivity contribution in [1.82, 2.24) is 4.98 Å². The molecular weight excluding hydrogens is 382 g/mol. The van der Waals surface area contributed by atoms with Crippen molar-refractivity contribution in [3.63, 3.8) is 0 Å². The van der Waals surface area contributed by atoms with Crippen LogP contribution < -0.4 is 20.4 Å². The monoisotopic (exact) mass is 401 g/mol. The fourth-order valence-corrected chi connectivity index (χ4v) is 3.25. The molecule has 0 aliphatic carbocycles. The Balaban J connectivity index is 1.86. The van der Waals surface area contributed by atoms with Gasteiger partial charge in [-0.1, -0.05) is 0 Å². The number of nitrogens with zero attached hydrogens (tertiary/aromatic N) is 2. The van der Waals surface area contributed by atoms with Gasteiger partial charge >= 0.3 is 5.63 Å². The fraction of sp³-hybridized carbons (Fsp3) is 0.174. The number of hydrogen-bond donors (Lipinski definition) is 1. The standard InChI is InChI=1S/C23H19N3O4/c1-3-28-20-10-17-18(11-21(20)29-4-2)25-13-15(12-24)23(17)26-16-6-7-19-14(9-16)5-8-22(27)30-19/h5-11,13H,3-4H2,1-2H3,(H,25,26). The van der Waals surface area contributed by atoms with Crippen LogP contribution in [-0.4, -0.2) is 18.2 Å². The van der Waals surface area contributed by atoms with Crippen LogP contribution in [0.2, 0.25) is 0 Å². The molecule has 0 aliphatic rings. The minimum atomic E-state index is -0.399. The molecule has 0 radical (unpaired) electrons. The van der Waals surface area contributed by atoms with E-state index in [4.69, 9.17) is 13.9 Å². The summed E-state index contributed by atoms with van der Waals surface area (Å²) in [7, 11) is 0. The largest absolute Gasteiger partial charge is 0.490 e. The molecule has 4 rings (SSSR count). The van der Waals surface area contributed by atoms with Crippen LogP contribution in [0.4, 0.5) is 11.4 Å². The first-order chi connectivity index (χ1) is 14.6. The maximum Gasteiger partial charge on any atom is 0.336 e. The summed E-state index contributed by atoms with van der Waals surface area (Å²) in [6.45, 7) is 4.78. The van der Waals surface area contributed by atoms with Gasteiger partial charge in [-0.25, -0.2) is 4.79 Å². The molecule has 0 bridgehead atoms. The highest BCUT2D eigenvalue weighted by Gasteiger charge is 2.15. The van der Waals surface area contributed by atoms with Gasteiger partial charge in [0.25, 0.3) is 0 Å². The first kappa shape index (κ1) is 19.3. The average molecular weight is 401 g/mol. The predicted molar refractivity (Wildman–Crippen MR) is 115 cm³/mol. The van der Waals surface area contributed by atoms with Crippen LogP contribution in [0.1, 0.15) is 19.4 Å². The van der Waals surface area contributed by atoms with Crippen LogP contribution >= 0.6 is 0 Å². The van der Waals surface area contributed by atoms with Gasteiger partial charge in [0.1, 0.15) is 11.7 Å². The Kier molecular flexibility index (Phi) is 5.22. The summed E-state index contributed by atoms with van der Waals surface area (Å²) in [4.78, 5) is 15.8. The molecule has 0 unspecified atom stereocenters. The summed E-state index contributed by atoms with van der Waals surface area (Å²) in [6.07, 6.45) is 1.53. The highest BCUT2D eigenvalue weighted by Crippen LogP contribution is 2.37. The summed E-state index contributed by atoms with van der Waals surface area (Å²) in [6, 6.07) is 14.3. The van der Waals surface area contributed by atoms with Gasteiger partial charge in [-0.3, -0.25) is 4.98 Å². The Morgan fingerprint density at radius 3 is 2.57 bits per heavy atom. The van der Waals surface area contributed by atoms with E-state index >= 15 is 0 Å². The van der Waals surface area contributed by atoms with Gasteiger partial charge in [0.05, 0.1) is 30.0 Å². The number of hydrogen-bond acceptors (Lipinski definition) is 7. The molecule has 0 saturated carbocycles. The Bertz CT molecular complexity index is 1340. The van der Waals surface area contributed by atoms with E-state index in [-0.39, 0.29) is 0 Å². The zero-order valence-electron chi connectivity index (χ0n) is 16.6. The molecule has 0 spiro atoms. The topological polar surface area (TPSA) is 97.4 Å². The van der Waals surface area contributed by atoms with E-state index in [2.05, 4.69) is 16.4 Å². The Labute approximate surface area is 172 Å². The first-order valence-corrected chi connectivity index (χ1v) is 9.56. The van der Waals surface area contributed by atoms with Crippen LogP contribution in [0.25, 0.3) is 21.9 Å². The third-order valence-electron chi connectivity index (χ3n) is 4.54. The van der Waals surface area contributed by atoms with Crippen molar-refractivity contribution in [3.05, 3.63) is 64.6 Å². The lowest BCUT2D eigenvalue weighted by Gasteiger charge is -2.15. The molecule has 2 aromatic heterocycles. The molecule has 0 saturated heterocycles. The van der Waals surface area contributed by atoms with Crippen molar-refractivity contribution in [2.45, 2.75) is 13.8 Å². The highest BCUT2D eigenvalue weighted by atomic mass is 16.5. The molecule has 30 heavy (non-hydrogen) atoms. The third kappa shape index (κ3) is 3.63. The third-order valence-corrected chi connectivity index (χ3v) is 4.54. The van der Waals surface area contributed by atoms with E-state index in [1.807, 2.05) is 32.0 Å². The van der Waals surface area contributed by atoms with Crippen molar-refractivity contribution in [3.8, 4) is 17.6 Å².